The van der Waals surface area contributed by atoms with Gasteiger partial charge in [0.05, 0.1) is 6.61 Å². The third-order valence-electron chi connectivity index (χ3n) is 3.88. The fourth-order valence-corrected chi connectivity index (χ4v) is 3.96. The molecule has 2 heterocycles. The molecule has 7 heteroatoms. The molecule has 0 bridgehead atoms. The number of hydrogen-bond acceptors (Lipinski definition) is 5. The van der Waals surface area contributed by atoms with Gasteiger partial charge in [-0.1, -0.05) is 70.5 Å². The lowest BCUT2D eigenvalue weighted by molar-refractivity contribution is 0.0642. The number of ether oxygens (including phenoxy) is 1. The molecule has 1 aliphatic rings. The number of aromatic nitrogens is 2. The van der Waals surface area contributed by atoms with E-state index in [4.69, 9.17) is 9.26 Å². The van der Waals surface area contributed by atoms with E-state index in [1.165, 1.54) is 16.3 Å². The number of rotatable bonds is 6. The Kier molecular flexibility index (Phi) is 5.66. The monoisotopic (exact) mass is 422 g/mol. The molecular weight excluding hydrogens is 404 g/mol. The van der Waals surface area contributed by atoms with Crippen molar-refractivity contribution in [1.82, 2.24) is 9.72 Å². The molecule has 25 heavy (non-hydrogen) atoms. The quantitative estimate of drug-likeness (QED) is 0.629. The number of hydrogen-bond donors (Lipinski definition) is 0. The number of benzene rings is 1. The maximum atomic E-state index is 12.1. The number of fused-ring (bicyclic) bond motifs is 1. The number of thioether (sulfide) groups is 1. The number of nitrogens with zero attached hydrogens (tertiary/aromatic N) is 2. The molecule has 1 aliphatic heterocycles. The minimum atomic E-state index is -0.928. The Balaban J connectivity index is 2.04. The van der Waals surface area contributed by atoms with Gasteiger partial charge >= 0.3 is 5.76 Å². The van der Waals surface area contributed by atoms with Gasteiger partial charge in [0.1, 0.15) is 0 Å². The second-order valence-corrected chi connectivity index (χ2v) is 7.64. The first-order valence-corrected chi connectivity index (χ1v) is 9.75. The van der Waals surface area contributed by atoms with Crippen LogP contribution in [0.2, 0.25) is 0 Å². The van der Waals surface area contributed by atoms with E-state index in [0.29, 0.717) is 12.4 Å². The van der Waals surface area contributed by atoms with E-state index >= 15 is 0 Å². The fourth-order valence-electron chi connectivity index (χ4n) is 2.61. The predicted octanol–water partition coefficient (Wildman–Crippen LogP) is 4.74. The Morgan fingerprint density at radius 3 is 2.84 bits per heavy atom. The van der Waals surface area contributed by atoms with Crippen LogP contribution in [0.3, 0.4) is 0 Å². The zero-order valence-electron chi connectivity index (χ0n) is 14.1. The number of allylic oxidation sites excluding steroid dienone is 2. The summed E-state index contributed by atoms with van der Waals surface area (Å²) in [6.45, 7) is 4.39. The standard InChI is InChI=1S/C18H19BrN2O3S/c1-3-4-5-6-11-23-18(14-7-9-15(19)10-8-14)16-20-24-17(22)21(16)13(2)12-25-18/h5-10,12H,3-4,11H2,1-2H3/b6-5+/t18-/m0/s1. The van der Waals surface area contributed by atoms with Gasteiger partial charge in [0, 0.05) is 15.7 Å². The lowest BCUT2D eigenvalue weighted by atomic mass is 10.1. The SMILES string of the molecule is CCC/C=C/CO[C@@]1(c2ccc(Br)cc2)SC=C(C)n2c1noc2=O. The molecule has 132 valence electrons. The van der Waals surface area contributed by atoms with Crippen molar-refractivity contribution in [3.8, 4) is 0 Å². The van der Waals surface area contributed by atoms with Crippen LogP contribution in [0.25, 0.3) is 5.70 Å². The van der Waals surface area contributed by atoms with Crippen molar-refractivity contribution in [1.29, 1.82) is 0 Å². The molecule has 0 unspecified atom stereocenters. The van der Waals surface area contributed by atoms with Crippen LogP contribution in [0.4, 0.5) is 0 Å². The highest BCUT2D eigenvalue weighted by molar-refractivity contribution is 9.10. The third-order valence-corrected chi connectivity index (χ3v) is 5.73. The molecule has 0 saturated carbocycles. The summed E-state index contributed by atoms with van der Waals surface area (Å²) in [4.78, 5) is 11.1. The van der Waals surface area contributed by atoms with Gasteiger partial charge in [0.25, 0.3) is 0 Å². The van der Waals surface area contributed by atoms with Crippen molar-refractivity contribution >= 4 is 33.4 Å². The second-order valence-electron chi connectivity index (χ2n) is 5.68. The van der Waals surface area contributed by atoms with Gasteiger partial charge in [-0.3, -0.25) is 4.52 Å². The minimum absolute atomic E-state index is 0.414. The van der Waals surface area contributed by atoms with Gasteiger partial charge in [0.2, 0.25) is 10.8 Å². The molecule has 3 rings (SSSR count). The van der Waals surface area contributed by atoms with Crippen LogP contribution < -0.4 is 5.76 Å². The molecule has 1 aromatic heterocycles. The minimum Gasteiger partial charge on any atom is -0.348 e. The summed E-state index contributed by atoms with van der Waals surface area (Å²) in [7, 11) is 0. The lowest BCUT2D eigenvalue weighted by Gasteiger charge is -2.33. The Morgan fingerprint density at radius 1 is 1.36 bits per heavy atom. The summed E-state index contributed by atoms with van der Waals surface area (Å²) < 4.78 is 13.6. The number of unbranched alkanes of at least 4 members (excludes halogenated alkanes) is 1. The molecule has 5 nitrogen and oxygen atoms in total. The average molecular weight is 423 g/mol. The summed E-state index contributed by atoms with van der Waals surface area (Å²) in [5.41, 5.74) is 1.67. The van der Waals surface area contributed by atoms with Crippen molar-refractivity contribution in [2.45, 2.75) is 31.6 Å². The zero-order valence-corrected chi connectivity index (χ0v) is 16.5. The molecule has 0 aliphatic carbocycles. The van der Waals surface area contributed by atoms with Crippen LogP contribution in [0.1, 0.15) is 38.1 Å². The average Bonchev–Trinajstić information content (AvgIpc) is 3.01. The highest BCUT2D eigenvalue weighted by Gasteiger charge is 2.44. The summed E-state index contributed by atoms with van der Waals surface area (Å²) in [6.07, 6.45) is 6.20. The first kappa shape index (κ1) is 18.2. The molecule has 0 saturated heterocycles. The molecule has 0 N–H and O–H groups in total. The molecular formula is C18H19BrN2O3S. The van der Waals surface area contributed by atoms with Crippen molar-refractivity contribution in [2.24, 2.45) is 0 Å². The van der Waals surface area contributed by atoms with Crippen molar-refractivity contribution in [2.75, 3.05) is 6.61 Å². The summed E-state index contributed by atoms with van der Waals surface area (Å²) in [6, 6.07) is 7.82. The third kappa shape index (κ3) is 3.54. The fraction of sp³-hybridized carbons (Fsp3) is 0.333. The van der Waals surface area contributed by atoms with Crippen molar-refractivity contribution < 1.29 is 9.26 Å². The first-order valence-electron chi connectivity index (χ1n) is 8.07. The van der Waals surface area contributed by atoms with Gasteiger partial charge < -0.3 is 4.74 Å². The van der Waals surface area contributed by atoms with Gasteiger partial charge in [-0.05, 0) is 30.9 Å². The van der Waals surface area contributed by atoms with E-state index in [1.807, 2.05) is 42.7 Å². The van der Waals surface area contributed by atoms with Crippen LogP contribution >= 0.6 is 27.7 Å². The van der Waals surface area contributed by atoms with Crippen LogP contribution in [0.5, 0.6) is 0 Å². The molecule has 0 radical (unpaired) electrons. The van der Waals surface area contributed by atoms with E-state index in [-0.39, 0.29) is 0 Å². The number of halogens is 1. The summed E-state index contributed by atoms with van der Waals surface area (Å²) in [5.74, 6) is -0.0515. The lowest BCUT2D eigenvalue weighted by Crippen LogP contribution is -2.35. The Bertz CT molecular complexity index is 854. The normalized spacial score (nSPS) is 19.9. The van der Waals surface area contributed by atoms with Gasteiger partial charge in [-0.25, -0.2) is 9.36 Å². The highest BCUT2D eigenvalue weighted by atomic mass is 79.9. The second kappa shape index (κ2) is 7.76. The topological polar surface area (TPSA) is 57.3 Å². The maximum absolute atomic E-state index is 12.1. The molecule has 0 fully saturated rings. The largest absolute Gasteiger partial charge is 0.446 e. The summed E-state index contributed by atoms with van der Waals surface area (Å²) >= 11 is 4.94. The maximum Gasteiger partial charge on any atom is 0.446 e. The van der Waals surface area contributed by atoms with Crippen LogP contribution in [0.15, 0.2) is 55.6 Å². The molecule has 1 aromatic carbocycles. The van der Waals surface area contributed by atoms with Gasteiger partial charge in [-0.2, -0.15) is 0 Å². The van der Waals surface area contributed by atoms with Crippen molar-refractivity contribution in [3.63, 3.8) is 0 Å². The predicted molar refractivity (Wildman–Crippen MR) is 103 cm³/mol. The van der Waals surface area contributed by atoms with E-state index in [0.717, 1.165) is 28.6 Å². The van der Waals surface area contributed by atoms with Gasteiger partial charge in [0.15, 0.2) is 0 Å². The van der Waals surface area contributed by atoms with E-state index in [2.05, 4.69) is 34.1 Å². The zero-order chi connectivity index (χ0) is 17.9. The molecule has 1 atom stereocenters. The van der Waals surface area contributed by atoms with E-state index in [9.17, 15) is 4.79 Å². The van der Waals surface area contributed by atoms with Crippen molar-refractivity contribution in [3.05, 3.63) is 68.2 Å². The van der Waals surface area contributed by atoms with E-state index in [1.54, 1.807) is 0 Å². The molecule has 0 spiro atoms. The highest BCUT2D eigenvalue weighted by Crippen LogP contribution is 2.47. The van der Waals surface area contributed by atoms with Crippen LogP contribution in [-0.2, 0) is 9.67 Å². The van der Waals surface area contributed by atoms with Crippen LogP contribution in [0, 0.1) is 0 Å². The Morgan fingerprint density at radius 2 is 2.12 bits per heavy atom. The van der Waals surface area contributed by atoms with Crippen LogP contribution in [-0.4, -0.2) is 16.3 Å². The molecule has 0 amide bonds. The van der Waals surface area contributed by atoms with Gasteiger partial charge in [-0.15, -0.1) is 0 Å². The Hall–Kier alpha value is -1.57. The van der Waals surface area contributed by atoms with E-state index < -0.39 is 10.7 Å². The smallest absolute Gasteiger partial charge is 0.348 e. The molecule has 2 aromatic rings. The first-order chi connectivity index (χ1) is 12.1. The Labute approximate surface area is 158 Å². The summed E-state index contributed by atoms with van der Waals surface area (Å²) in [5, 5.41) is 5.93.